The zero-order chi connectivity index (χ0) is 16.1. The zero-order valence-electron chi connectivity index (χ0n) is 11.5. The first-order valence-electron chi connectivity index (χ1n) is 6.05. The van der Waals surface area contributed by atoms with Crippen LogP contribution < -0.4 is 10.5 Å². The first kappa shape index (κ1) is 16.1. The van der Waals surface area contributed by atoms with Crippen LogP contribution in [0.5, 0.6) is 5.75 Å². The van der Waals surface area contributed by atoms with Crippen molar-refractivity contribution in [3.63, 3.8) is 0 Å². The molecule has 22 heavy (non-hydrogen) atoms. The van der Waals surface area contributed by atoms with E-state index >= 15 is 0 Å². The summed E-state index contributed by atoms with van der Waals surface area (Å²) in [6.45, 7) is -0.143. The number of hydrogen-bond donors (Lipinski definition) is 1. The topological polar surface area (TPSA) is 91.7 Å². The van der Waals surface area contributed by atoms with Crippen molar-refractivity contribution >= 4 is 35.0 Å². The molecular formula is C13H12Cl2N4O3. The third-order valence-electron chi connectivity index (χ3n) is 2.58. The number of carbonyl (C=O) groups excluding carboxylic acids is 1. The van der Waals surface area contributed by atoms with E-state index in [0.717, 1.165) is 0 Å². The van der Waals surface area contributed by atoms with E-state index in [1.807, 2.05) is 0 Å². The predicted octanol–water partition coefficient (Wildman–Crippen LogP) is 2.06. The van der Waals surface area contributed by atoms with Crippen LogP contribution in [0.15, 0.2) is 35.7 Å². The Hall–Kier alpha value is -2.25. The quantitative estimate of drug-likeness (QED) is 0.388. The van der Waals surface area contributed by atoms with Gasteiger partial charge in [-0.3, -0.25) is 4.68 Å². The standard InChI is InChI=1S/C13H12Cl2N4O3/c1-21-11-3-2-8(14)4-10(11)13(16)18-22-12(20)7-19-6-9(15)5-17-19/h2-6H,7H2,1H3,(H2,16,18). The largest absolute Gasteiger partial charge is 0.496 e. The molecule has 0 aliphatic carbocycles. The second-order valence-corrected chi connectivity index (χ2v) is 5.01. The molecule has 0 aliphatic rings. The van der Waals surface area contributed by atoms with E-state index < -0.39 is 5.97 Å². The Bertz CT molecular complexity index is 715. The van der Waals surface area contributed by atoms with Gasteiger partial charge in [-0.05, 0) is 18.2 Å². The molecule has 1 heterocycles. The summed E-state index contributed by atoms with van der Waals surface area (Å²) in [4.78, 5) is 16.4. The van der Waals surface area contributed by atoms with Crippen LogP contribution in [0, 0.1) is 0 Å². The van der Waals surface area contributed by atoms with E-state index in [0.29, 0.717) is 21.4 Å². The molecule has 7 nitrogen and oxygen atoms in total. The first-order chi connectivity index (χ1) is 10.5. The fourth-order valence-electron chi connectivity index (χ4n) is 1.62. The lowest BCUT2D eigenvalue weighted by Crippen LogP contribution is -2.18. The molecule has 0 saturated carbocycles. The summed E-state index contributed by atoms with van der Waals surface area (Å²) in [6.07, 6.45) is 2.89. The van der Waals surface area contributed by atoms with Crippen LogP contribution in [0.25, 0.3) is 0 Å². The first-order valence-corrected chi connectivity index (χ1v) is 6.80. The fourth-order valence-corrected chi connectivity index (χ4v) is 1.94. The Balaban J connectivity index is 2.06. The third kappa shape index (κ3) is 4.12. The lowest BCUT2D eigenvalue weighted by molar-refractivity contribution is -0.144. The van der Waals surface area contributed by atoms with Crippen LogP contribution in [0.2, 0.25) is 10.0 Å². The van der Waals surface area contributed by atoms with Crippen LogP contribution in [0.3, 0.4) is 0 Å². The molecule has 2 aromatic rings. The van der Waals surface area contributed by atoms with Crippen molar-refractivity contribution < 1.29 is 14.4 Å². The van der Waals surface area contributed by atoms with Gasteiger partial charge in [-0.1, -0.05) is 28.4 Å². The summed E-state index contributed by atoms with van der Waals surface area (Å²) in [5.74, 6) is -0.226. The number of rotatable bonds is 5. The fraction of sp³-hybridized carbons (Fsp3) is 0.154. The maximum absolute atomic E-state index is 11.6. The minimum Gasteiger partial charge on any atom is -0.496 e. The van der Waals surface area contributed by atoms with Gasteiger partial charge >= 0.3 is 5.97 Å². The number of ether oxygens (including phenoxy) is 1. The normalized spacial score (nSPS) is 11.3. The minimum atomic E-state index is -0.649. The smallest absolute Gasteiger partial charge is 0.356 e. The van der Waals surface area contributed by atoms with Crippen molar-refractivity contribution in [1.82, 2.24) is 9.78 Å². The van der Waals surface area contributed by atoms with E-state index in [-0.39, 0.29) is 12.4 Å². The predicted molar refractivity (Wildman–Crippen MR) is 82.1 cm³/mol. The molecule has 0 aliphatic heterocycles. The van der Waals surface area contributed by atoms with Crippen molar-refractivity contribution in [3.05, 3.63) is 46.2 Å². The number of carbonyl (C=O) groups is 1. The van der Waals surface area contributed by atoms with Gasteiger partial charge in [-0.25, -0.2) is 4.79 Å². The molecular weight excluding hydrogens is 331 g/mol. The number of nitrogens with zero attached hydrogens (tertiary/aromatic N) is 3. The molecule has 0 spiro atoms. The van der Waals surface area contributed by atoms with E-state index in [4.69, 9.17) is 38.5 Å². The van der Waals surface area contributed by atoms with E-state index in [2.05, 4.69) is 10.3 Å². The maximum atomic E-state index is 11.6. The molecule has 1 aromatic heterocycles. The number of methoxy groups -OCH3 is 1. The average molecular weight is 343 g/mol. The number of aromatic nitrogens is 2. The second-order valence-electron chi connectivity index (χ2n) is 4.14. The molecule has 0 fully saturated rings. The van der Waals surface area contributed by atoms with Crippen molar-refractivity contribution in [2.24, 2.45) is 10.9 Å². The Kier molecular flexibility index (Phi) is 5.24. The minimum absolute atomic E-state index is 0.0359. The number of benzene rings is 1. The van der Waals surface area contributed by atoms with Crippen LogP contribution in [-0.2, 0) is 16.2 Å². The number of halogens is 2. The molecule has 0 unspecified atom stereocenters. The highest BCUT2D eigenvalue weighted by atomic mass is 35.5. The maximum Gasteiger partial charge on any atom is 0.356 e. The monoisotopic (exact) mass is 342 g/mol. The van der Waals surface area contributed by atoms with Crippen molar-refractivity contribution in [1.29, 1.82) is 0 Å². The Morgan fingerprint density at radius 3 is 2.82 bits per heavy atom. The summed E-state index contributed by atoms with van der Waals surface area (Å²) in [5.41, 5.74) is 6.20. The van der Waals surface area contributed by atoms with Gasteiger partial charge in [-0.2, -0.15) is 5.10 Å². The average Bonchev–Trinajstić information content (AvgIpc) is 2.89. The van der Waals surface area contributed by atoms with Gasteiger partial charge in [0.05, 0.1) is 23.9 Å². The van der Waals surface area contributed by atoms with Gasteiger partial charge in [-0.15, -0.1) is 0 Å². The van der Waals surface area contributed by atoms with Gasteiger partial charge in [0, 0.05) is 11.2 Å². The lowest BCUT2D eigenvalue weighted by Gasteiger charge is -2.07. The lowest BCUT2D eigenvalue weighted by atomic mass is 10.2. The summed E-state index contributed by atoms with van der Waals surface area (Å²) >= 11 is 11.6. The highest BCUT2D eigenvalue weighted by Gasteiger charge is 2.11. The van der Waals surface area contributed by atoms with Crippen molar-refractivity contribution in [3.8, 4) is 5.75 Å². The number of hydrogen-bond acceptors (Lipinski definition) is 5. The highest BCUT2D eigenvalue weighted by molar-refractivity contribution is 6.31. The Morgan fingerprint density at radius 2 is 2.18 bits per heavy atom. The van der Waals surface area contributed by atoms with E-state index in [9.17, 15) is 4.79 Å². The summed E-state index contributed by atoms with van der Waals surface area (Å²) < 4.78 is 6.45. The molecule has 9 heteroatoms. The number of nitrogens with two attached hydrogens (primary N) is 1. The van der Waals surface area contributed by atoms with Crippen LogP contribution in [0.1, 0.15) is 5.56 Å². The molecule has 0 amide bonds. The van der Waals surface area contributed by atoms with Gasteiger partial charge in [0.25, 0.3) is 0 Å². The van der Waals surface area contributed by atoms with Crippen LogP contribution in [0.4, 0.5) is 0 Å². The van der Waals surface area contributed by atoms with Gasteiger partial charge < -0.3 is 15.3 Å². The SMILES string of the molecule is COc1ccc(Cl)cc1/C(N)=N/OC(=O)Cn1cc(Cl)cn1. The number of amidine groups is 1. The van der Waals surface area contributed by atoms with E-state index in [1.165, 1.54) is 24.2 Å². The molecule has 0 atom stereocenters. The molecule has 0 saturated heterocycles. The summed E-state index contributed by atoms with van der Waals surface area (Å²) in [6, 6.07) is 4.83. The van der Waals surface area contributed by atoms with Crippen molar-refractivity contribution in [2.45, 2.75) is 6.54 Å². The second kappa shape index (κ2) is 7.15. The summed E-state index contributed by atoms with van der Waals surface area (Å²) in [7, 11) is 1.48. The third-order valence-corrected chi connectivity index (χ3v) is 3.01. The van der Waals surface area contributed by atoms with Gasteiger partial charge in [0.15, 0.2) is 5.84 Å². The molecule has 2 N–H and O–H groups in total. The Morgan fingerprint density at radius 1 is 1.41 bits per heavy atom. The van der Waals surface area contributed by atoms with Gasteiger partial charge in [0.2, 0.25) is 0 Å². The Labute approximate surface area is 136 Å². The highest BCUT2D eigenvalue weighted by Crippen LogP contribution is 2.22. The van der Waals surface area contributed by atoms with E-state index in [1.54, 1.807) is 18.2 Å². The zero-order valence-corrected chi connectivity index (χ0v) is 13.0. The molecule has 116 valence electrons. The van der Waals surface area contributed by atoms with Crippen LogP contribution >= 0.6 is 23.2 Å². The molecule has 2 rings (SSSR count). The van der Waals surface area contributed by atoms with Crippen molar-refractivity contribution in [2.75, 3.05) is 7.11 Å². The molecule has 1 aromatic carbocycles. The molecule has 0 radical (unpaired) electrons. The molecule has 0 bridgehead atoms. The van der Waals surface area contributed by atoms with Gasteiger partial charge in [0.1, 0.15) is 12.3 Å². The van der Waals surface area contributed by atoms with Crippen LogP contribution in [-0.4, -0.2) is 28.7 Å². The summed E-state index contributed by atoms with van der Waals surface area (Å²) in [5, 5.41) is 8.29. The number of oxime groups is 1.